The van der Waals surface area contributed by atoms with E-state index in [0.29, 0.717) is 28.6 Å². The molecule has 0 saturated carbocycles. The number of fused-ring (bicyclic) bond motifs is 4. The van der Waals surface area contributed by atoms with Crippen LogP contribution in [0.25, 0.3) is 0 Å². The zero-order valence-electron chi connectivity index (χ0n) is 20.9. The minimum Gasteiger partial charge on any atom is -0.454 e. The van der Waals surface area contributed by atoms with Crippen molar-refractivity contribution in [2.24, 2.45) is 9.98 Å². The summed E-state index contributed by atoms with van der Waals surface area (Å²) < 4.78 is 24.6. The molecule has 0 fully saturated rings. The van der Waals surface area contributed by atoms with Crippen LogP contribution in [0.15, 0.2) is 76.7 Å². The number of carbonyl (C=O) groups is 3. The maximum atomic E-state index is 13.9. The number of thioether (sulfide) groups is 1. The number of benzene rings is 3. The summed E-state index contributed by atoms with van der Waals surface area (Å²) in [6.45, 7) is 0.411. The second-order valence-corrected chi connectivity index (χ2v) is 9.98. The van der Waals surface area contributed by atoms with Crippen molar-refractivity contribution in [2.45, 2.75) is 19.0 Å². The fraction of sp³-hybridized carbons (Fsp3) is 0.179. The number of hydrogen-bond donors (Lipinski definition) is 2. The summed E-state index contributed by atoms with van der Waals surface area (Å²) in [6, 6.07) is 17.5. The van der Waals surface area contributed by atoms with E-state index in [1.807, 2.05) is 18.2 Å². The summed E-state index contributed by atoms with van der Waals surface area (Å²) in [7, 11) is 0. The molecular formula is C28H22FN5O5S. The normalized spacial score (nSPS) is 16.6. The molecule has 3 aromatic rings. The Labute approximate surface area is 232 Å². The van der Waals surface area contributed by atoms with E-state index in [1.54, 1.807) is 30.3 Å². The maximum Gasteiger partial charge on any atom is 0.259 e. The van der Waals surface area contributed by atoms with Gasteiger partial charge >= 0.3 is 0 Å². The molecular weight excluding hydrogens is 537 g/mol. The molecule has 0 aliphatic carbocycles. The maximum absolute atomic E-state index is 13.9. The Morgan fingerprint density at radius 3 is 2.70 bits per heavy atom. The standard InChI is InChI=1S/C28H22FN5O5S/c29-18-6-2-4-8-20(18)31-25(36)14-40-28-33-19-7-3-1-5-17(19)26-32-21(27(37)34(26)28)12-24(35)30-13-16-9-10-22-23(11-16)39-15-38-22/h1-11,21H,12-15H2,(H,30,35)(H,31,36)/t21-/m1/s1. The Morgan fingerprint density at radius 1 is 1.02 bits per heavy atom. The Kier molecular flexibility index (Phi) is 6.91. The fourth-order valence-electron chi connectivity index (χ4n) is 4.41. The fourth-order valence-corrected chi connectivity index (χ4v) is 5.21. The van der Waals surface area contributed by atoms with E-state index >= 15 is 0 Å². The van der Waals surface area contributed by atoms with Crippen LogP contribution >= 0.6 is 11.8 Å². The van der Waals surface area contributed by atoms with Gasteiger partial charge in [0.05, 0.1) is 23.5 Å². The molecule has 3 aliphatic rings. The van der Waals surface area contributed by atoms with E-state index in [4.69, 9.17) is 9.47 Å². The minimum atomic E-state index is -0.948. The first-order valence-corrected chi connectivity index (χ1v) is 13.4. The number of hydrogen-bond acceptors (Lipinski definition) is 8. The van der Waals surface area contributed by atoms with Gasteiger partial charge in [-0.3, -0.25) is 19.4 Å². The van der Waals surface area contributed by atoms with Crippen LogP contribution in [0.5, 0.6) is 11.5 Å². The summed E-state index contributed by atoms with van der Waals surface area (Å²) >= 11 is 1.03. The molecule has 0 saturated heterocycles. The van der Waals surface area contributed by atoms with Gasteiger partial charge in [0.15, 0.2) is 16.7 Å². The third-order valence-electron chi connectivity index (χ3n) is 6.33. The molecule has 0 spiro atoms. The highest BCUT2D eigenvalue weighted by Crippen LogP contribution is 2.35. The van der Waals surface area contributed by atoms with Gasteiger partial charge in [-0.15, -0.1) is 0 Å². The van der Waals surface area contributed by atoms with Gasteiger partial charge in [-0.05, 0) is 42.0 Å². The van der Waals surface area contributed by atoms with Gasteiger partial charge in [-0.2, -0.15) is 0 Å². The van der Waals surface area contributed by atoms with E-state index in [9.17, 15) is 18.8 Å². The molecule has 40 heavy (non-hydrogen) atoms. The van der Waals surface area contributed by atoms with Crippen molar-refractivity contribution in [3.8, 4) is 11.5 Å². The third kappa shape index (κ3) is 5.13. The van der Waals surface area contributed by atoms with Crippen molar-refractivity contribution in [1.82, 2.24) is 10.2 Å². The molecule has 3 aromatic carbocycles. The molecule has 0 unspecified atom stereocenters. The molecule has 0 radical (unpaired) electrons. The van der Waals surface area contributed by atoms with Crippen LogP contribution in [0.2, 0.25) is 0 Å². The van der Waals surface area contributed by atoms with Gasteiger partial charge in [-0.1, -0.05) is 42.1 Å². The average Bonchev–Trinajstić information content (AvgIpc) is 3.56. The Bertz CT molecular complexity index is 1590. The summed E-state index contributed by atoms with van der Waals surface area (Å²) in [6.07, 6.45) is -0.155. The van der Waals surface area contributed by atoms with Crippen LogP contribution in [0, 0.1) is 5.82 Å². The van der Waals surface area contributed by atoms with Crippen LogP contribution < -0.4 is 20.1 Å². The lowest BCUT2D eigenvalue weighted by molar-refractivity contribution is -0.128. The highest BCUT2D eigenvalue weighted by molar-refractivity contribution is 8.14. The van der Waals surface area contributed by atoms with Crippen molar-refractivity contribution in [2.75, 3.05) is 17.9 Å². The number of aliphatic imine (C=N–C) groups is 2. The van der Waals surface area contributed by atoms with Crippen molar-refractivity contribution in [3.63, 3.8) is 0 Å². The number of anilines is 1. The minimum absolute atomic E-state index is 0.0651. The summed E-state index contributed by atoms with van der Waals surface area (Å²) in [5.41, 5.74) is 2.14. The molecule has 1 atom stereocenters. The molecule has 3 amide bonds. The SMILES string of the molecule is O=C(C[C@H]1N=C2c3ccccc3N=C(SCC(=O)Nc3ccccc3F)N2C1=O)NCc1ccc2c(c1)OCO2. The van der Waals surface area contributed by atoms with E-state index in [0.717, 1.165) is 17.3 Å². The van der Waals surface area contributed by atoms with Crippen LogP contribution in [0.4, 0.5) is 15.8 Å². The smallest absolute Gasteiger partial charge is 0.259 e. The predicted molar refractivity (Wildman–Crippen MR) is 147 cm³/mol. The van der Waals surface area contributed by atoms with Gasteiger partial charge in [-0.25, -0.2) is 14.3 Å². The van der Waals surface area contributed by atoms with Crippen molar-refractivity contribution in [3.05, 3.63) is 83.7 Å². The molecule has 10 nitrogen and oxygen atoms in total. The van der Waals surface area contributed by atoms with E-state index in [1.165, 1.54) is 23.1 Å². The Morgan fingerprint density at radius 2 is 1.82 bits per heavy atom. The number of amidine groups is 2. The summed E-state index contributed by atoms with van der Waals surface area (Å²) in [5.74, 6) is -0.234. The van der Waals surface area contributed by atoms with Crippen molar-refractivity contribution < 1.29 is 28.2 Å². The zero-order valence-corrected chi connectivity index (χ0v) is 21.7. The number of amides is 3. The van der Waals surface area contributed by atoms with Crippen LogP contribution in [0.1, 0.15) is 17.5 Å². The largest absolute Gasteiger partial charge is 0.454 e. The van der Waals surface area contributed by atoms with Gasteiger partial charge < -0.3 is 20.1 Å². The van der Waals surface area contributed by atoms with Crippen LogP contribution in [-0.4, -0.2) is 52.2 Å². The van der Waals surface area contributed by atoms with E-state index in [2.05, 4.69) is 20.6 Å². The topological polar surface area (TPSA) is 122 Å². The van der Waals surface area contributed by atoms with Crippen LogP contribution in [-0.2, 0) is 20.9 Å². The lowest BCUT2D eigenvalue weighted by Gasteiger charge is -2.25. The van der Waals surface area contributed by atoms with Gasteiger partial charge in [0, 0.05) is 12.1 Å². The molecule has 0 aromatic heterocycles. The molecule has 2 N–H and O–H groups in total. The van der Waals surface area contributed by atoms with E-state index < -0.39 is 23.7 Å². The molecule has 12 heteroatoms. The predicted octanol–water partition coefficient (Wildman–Crippen LogP) is 3.59. The van der Waals surface area contributed by atoms with Gasteiger partial charge in [0.2, 0.25) is 18.6 Å². The average molecular weight is 560 g/mol. The second kappa shape index (κ2) is 10.8. The highest BCUT2D eigenvalue weighted by atomic mass is 32.2. The Balaban J connectivity index is 1.13. The van der Waals surface area contributed by atoms with E-state index in [-0.39, 0.29) is 42.3 Å². The number of rotatable bonds is 7. The quantitative estimate of drug-likeness (QED) is 0.456. The van der Waals surface area contributed by atoms with Crippen molar-refractivity contribution in [1.29, 1.82) is 0 Å². The summed E-state index contributed by atoms with van der Waals surface area (Å²) in [4.78, 5) is 49.3. The lowest BCUT2D eigenvalue weighted by Crippen LogP contribution is -2.42. The Hall–Kier alpha value is -4.71. The second-order valence-electron chi connectivity index (χ2n) is 9.04. The molecule has 6 rings (SSSR count). The number of nitrogens with zero attached hydrogens (tertiary/aromatic N) is 3. The van der Waals surface area contributed by atoms with Gasteiger partial charge in [0.1, 0.15) is 17.7 Å². The first-order valence-electron chi connectivity index (χ1n) is 12.4. The zero-order chi connectivity index (χ0) is 27.6. The highest BCUT2D eigenvalue weighted by Gasteiger charge is 2.42. The molecule has 3 heterocycles. The number of ether oxygens (including phenoxy) is 2. The number of para-hydroxylation sites is 2. The number of halogens is 1. The first kappa shape index (κ1) is 25.6. The van der Waals surface area contributed by atoms with Crippen molar-refractivity contribution >= 4 is 51.9 Å². The number of carbonyl (C=O) groups excluding carboxylic acids is 3. The van der Waals surface area contributed by atoms with Gasteiger partial charge in [0.25, 0.3) is 5.91 Å². The lowest BCUT2D eigenvalue weighted by atomic mass is 10.1. The first-order chi connectivity index (χ1) is 19.5. The third-order valence-corrected chi connectivity index (χ3v) is 7.27. The van der Waals surface area contributed by atoms with Crippen LogP contribution in [0.3, 0.4) is 0 Å². The molecule has 202 valence electrons. The number of nitrogens with one attached hydrogen (secondary N) is 2. The monoisotopic (exact) mass is 559 g/mol. The summed E-state index contributed by atoms with van der Waals surface area (Å²) in [5, 5.41) is 5.61. The molecule has 0 bridgehead atoms. The molecule has 3 aliphatic heterocycles.